The lowest BCUT2D eigenvalue weighted by Gasteiger charge is -2.33. The number of halogens is 2. The quantitative estimate of drug-likeness (QED) is 0.0523. The van der Waals surface area contributed by atoms with E-state index in [4.69, 9.17) is 23.2 Å². The summed E-state index contributed by atoms with van der Waals surface area (Å²) in [6.07, 6.45) is 40.3. The fourth-order valence-electron chi connectivity index (χ4n) is 12.2. The molecule has 0 radical (unpaired) electrons. The van der Waals surface area contributed by atoms with Crippen LogP contribution in [0.2, 0.25) is 10.0 Å². The molecule has 3 aliphatic rings. The van der Waals surface area contributed by atoms with Gasteiger partial charge in [-0.2, -0.15) is 0 Å². The summed E-state index contributed by atoms with van der Waals surface area (Å²) in [5, 5.41) is 1.66. The zero-order chi connectivity index (χ0) is 49.4. The highest BCUT2D eigenvalue weighted by Crippen LogP contribution is 2.53. The number of para-hydroxylation sites is 2. The standard InChI is InChI=1S/C66H88Cl2N2/c1-7-9-11-13-15-17-19-21-23-31-37-57-58-44-42-53(67)49-60(58)65(3,4)59(57)45-40-51-38-39-52(64(51)70(55-33-27-25-28-34-55)56-35-29-26-30-36-56)41-47-63-66(5,6)61-50-54(68)43-46-62(61)69(63)48-32-24-22-20-18-16-14-12-10-8-2/h25-30,33-36,40-47,49-50,57,63H,7-24,31-32,37-39,48H2,1-6H3/b47-41+,51-40+,59-45-. The molecule has 2 atom stereocenters. The van der Waals surface area contributed by atoms with Crippen molar-refractivity contribution in [3.8, 4) is 0 Å². The molecule has 1 aliphatic heterocycles. The molecule has 1 heterocycles. The van der Waals surface area contributed by atoms with Crippen molar-refractivity contribution in [3.63, 3.8) is 0 Å². The van der Waals surface area contributed by atoms with Crippen LogP contribution in [0, 0.1) is 0 Å². The van der Waals surface area contributed by atoms with Crippen LogP contribution >= 0.6 is 23.2 Å². The predicted molar refractivity (Wildman–Crippen MR) is 308 cm³/mol. The van der Waals surface area contributed by atoms with Crippen LogP contribution in [-0.2, 0) is 10.8 Å². The molecule has 4 aromatic carbocycles. The maximum absolute atomic E-state index is 6.77. The number of benzene rings is 4. The largest absolute Gasteiger partial charge is 0.364 e. The summed E-state index contributed by atoms with van der Waals surface area (Å²) in [6, 6.07) is 35.6. The molecule has 7 rings (SSSR count). The number of hydrogen-bond acceptors (Lipinski definition) is 2. The van der Waals surface area contributed by atoms with Gasteiger partial charge in [-0.1, -0.05) is 259 Å². The Balaban J connectivity index is 1.20. The van der Waals surface area contributed by atoms with Gasteiger partial charge in [0.2, 0.25) is 0 Å². The molecular weight excluding hydrogens is 892 g/mol. The summed E-state index contributed by atoms with van der Waals surface area (Å²) in [4.78, 5) is 5.23. The van der Waals surface area contributed by atoms with Gasteiger partial charge in [-0.15, -0.1) is 0 Å². The van der Waals surface area contributed by atoms with Crippen LogP contribution in [0.25, 0.3) is 0 Å². The Bertz CT molecular complexity index is 2330. The second-order valence-electron chi connectivity index (χ2n) is 22.1. The smallest absolute Gasteiger partial charge is 0.0568 e. The minimum atomic E-state index is -0.117. The molecule has 0 saturated heterocycles. The van der Waals surface area contributed by atoms with Gasteiger partial charge in [-0.05, 0) is 108 Å². The number of rotatable bonds is 28. The summed E-state index contributed by atoms with van der Waals surface area (Å²) in [7, 11) is 0. The molecule has 0 aromatic heterocycles. The Kier molecular flexibility index (Phi) is 20.5. The third-order valence-electron chi connectivity index (χ3n) is 16.3. The molecule has 376 valence electrons. The molecule has 0 bridgehead atoms. The molecule has 0 saturated carbocycles. The molecule has 0 N–H and O–H groups in total. The van der Waals surface area contributed by atoms with Crippen LogP contribution in [0.5, 0.6) is 0 Å². The Labute approximate surface area is 436 Å². The number of fused-ring (bicyclic) bond motifs is 2. The maximum atomic E-state index is 6.77. The average Bonchev–Trinajstić information content (AvgIpc) is 3.92. The summed E-state index contributed by atoms with van der Waals surface area (Å²) in [5.41, 5.74) is 13.3. The molecule has 2 aliphatic carbocycles. The highest BCUT2D eigenvalue weighted by Gasteiger charge is 2.44. The Morgan fingerprint density at radius 2 is 1.09 bits per heavy atom. The summed E-state index contributed by atoms with van der Waals surface area (Å²) >= 11 is 13.5. The van der Waals surface area contributed by atoms with Crippen LogP contribution in [-0.4, -0.2) is 12.6 Å². The second-order valence-corrected chi connectivity index (χ2v) is 23.0. The first-order valence-corrected chi connectivity index (χ1v) is 28.9. The van der Waals surface area contributed by atoms with E-state index in [9.17, 15) is 0 Å². The lowest BCUT2D eigenvalue weighted by atomic mass is 9.79. The normalized spacial score (nSPS) is 19.3. The van der Waals surface area contributed by atoms with Crippen molar-refractivity contribution in [2.45, 2.75) is 212 Å². The third kappa shape index (κ3) is 13.5. The van der Waals surface area contributed by atoms with Crippen molar-refractivity contribution in [3.05, 3.63) is 171 Å². The van der Waals surface area contributed by atoms with E-state index in [-0.39, 0.29) is 16.9 Å². The van der Waals surface area contributed by atoms with Crippen molar-refractivity contribution in [2.24, 2.45) is 0 Å². The van der Waals surface area contributed by atoms with Crippen LogP contribution in [0.4, 0.5) is 17.1 Å². The van der Waals surface area contributed by atoms with Gasteiger partial charge >= 0.3 is 0 Å². The van der Waals surface area contributed by atoms with Gasteiger partial charge < -0.3 is 9.80 Å². The van der Waals surface area contributed by atoms with Crippen LogP contribution in [0.3, 0.4) is 0 Å². The van der Waals surface area contributed by atoms with Gasteiger partial charge in [0.1, 0.15) is 0 Å². The topological polar surface area (TPSA) is 6.48 Å². The lowest BCUT2D eigenvalue weighted by molar-refractivity contribution is 0.467. The molecule has 0 amide bonds. The van der Waals surface area contributed by atoms with Gasteiger partial charge in [-0.3, -0.25) is 0 Å². The van der Waals surface area contributed by atoms with Gasteiger partial charge in [0.05, 0.1) is 11.7 Å². The monoisotopic (exact) mass is 979 g/mol. The highest BCUT2D eigenvalue weighted by molar-refractivity contribution is 6.31. The van der Waals surface area contributed by atoms with E-state index < -0.39 is 0 Å². The zero-order valence-corrected chi connectivity index (χ0v) is 45.8. The van der Waals surface area contributed by atoms with E-state index in [0.29, 0.717) is 5.92 Å². The van der Waals surface area contributed by atoms with Crippen molar-refractivity contribution >= 4 is 40.3 Å². The number of unbranched alkanes of at least 4 members (excludes halogenated alkanes) is 18. The van der Waals surface area contributed by atoms with Crippen LogP contribution < -0.4 is 9.80 Å². The van der Waals surface area contributed by atoms with E-state index >= 15 is 0 Å². The Morgan fingerprint density at radius 3 is 1.66 bits per heavy atom. The van der Waals surface area contributed by atoms with Gasteiger partial charge in [0, 0.05) is 50.4 Å². The lowest BCUT2D eigenvalue weighted by Crippen LogP contribution is -2.40. The van der Waals surface area contributed by atoms with Crippen molar-refractivity contribution in [1.82, 2.24) is 0 Å². The van der Waals surface area contributed by atoms with E-state index in [2.05, 4.69) is 173 Å². The van der Waals surface area contributed by atoms with E-state index in [1.54, 1.807) is 0 Å². The summed E-state index contributed by atoms with van der Waals surface area (Å²) < 4.78 is 0. The molecule has 0 fully saturated rings. The number of allylic oxidation sites excluding steroid dienone is 6. The van der Waals surface area contributed by atoms with Crippen molar-refractivity contribution in [2.75, 3.05) is 16.3 Å². The number of hydrogen-bond donors (Lipinski definition) is 0. The fourth-order valence-corrected chi connectivity index (χ4v) is 12.6. The molecule has 4 aromatic rings. The first-order valence-electron chi connectivity index (χ1n) is 28.2. The highest BCUT2D eigenvalue weighted by atomic mass is 35.5. The molecule has 0 spiro atoms. The second kappa shape index (κ2) is 26.6. The maximum Gasteiger partial charge on any atom is 0.0568 e. The Hall–Kier alpha value is -3.98. The molecule has 2 nitrogen and oxygen atoms in total. The first kappa shape index (κ1) is 53.8. The molecule has 4 heteroatoms. The molecule has 70 heavy (non-hydrogen) atoms. The van der Waals surface area contributed by atoms with Crippen LogP contribution in [0.15, 0.2) is 144 Å². The fraction of sp³-hybridized carbons (Fsp3) is 0.515. The minimum absolute atomic E-state index is 0.106. The molecular formula is C66H88Cl2N2. The minimum Gasteiger partial charge on any atom is -0.364 e. The van der Waals surface area contributed by atoms with Crippen LogP contribution in [0.1, 0.15) is 212 Å². The average molecular weight is 980 g/mol. The van der Waals surface area contributed by atoms with Gasteiger partial charge in [0.15, 0.2) is 0 Å². The van der Waals surface area contributed by atoms with Gasteiger partial charge in [0.25, 0.3) is 0 Å². The summed E-state index contributed by atoms with van der Waals surface area (Å²) in [5.74, 6) is 0.391. The zero-order valence-electron chi connectivity index (χ0n) is 44.3. The molecule has 2 unspecified atom stereocenters. The first-order chi connectivity index (χ1) is 34.1. The predicted octanol–water partition coefficient (Wildman–Crippen LogP) is 21.1. The van der Waals surface area contributed by atoms with Gasteiger partial charge in [-0.25, -0.2) is 0 Å². The van der Waals surface area contributed by atoms with Crippen molar-refractivity contribution in [1.29, 1.82) is 0 Å². The number of anilines is 3. The SMILES string of the molecule is CCCCCCCCCCCCC1/C(=C/C=C2\CCC(/C=C/C3N(CCCCCCCCCCCC)c4ccc(Cl)cc4C3(C)C)=C2N(c2ccccc2)c2ccccc2)C(C)(C)c2cc(Cl)ccc21. The van der Waals surface area contributed by atoms with E-state index in [1.807, 2.05) is 0 Å². The third-order valence-corrected chi connectivity index (χ3v) is 16.7. The Morgan fingerprint density at radius 1 is 0.571 bits per heavy atom. The number of nitrogens with zero attached hydrogens (tertiary/aromatic N) is 2. The summed E-state index contributed by atoms with van der Waals surface area (Å²) in [6.45, 7) is 15.4. The van der Waals surface area contributed by atoms with E-state index in [1.165, 1.54) is 191 Å². The van der Waals surface area contributed by atoms with Crippen molar-refractivity contribution < 1.29 is 0 Å². The van der Waals surface area contributed by atoms with E-state index in [0.717, 1.165) is 29.4 Å².